The quantitative estimate of drug-likeness (QED) is 0.177. The summed E-state index contributed by atoms with van der Waals surface area (Å²) in [5.74, 6) is 1.28. The summed E-state index contributed by atoms with van der Waals surface area (Å²) in [4.78, 5) is 56.8. The molecule has 4 aromatic carbocycles. The Morgan fingerprint density at radius 2 is 1.15 bits per heavy atom. The summed E-state index contributed by atoms with van der Waals surface area (Å²) >= 11 is 17.7. The van der Waals surface area contributed by atoms with Gasteiger partial charge in [0.25, 0.3) is 0 Å². The van der Waals surface area contributed by atoms with Crippen molar-refractivity contribution in [2.45, 2.75) is 12.1 Å². The Morgan fingerprint density at radius 1 is 0.656 bits per heavy atom. The first-order valence-corrected chi connectivity index (χ1v) is 21.1. The summed E-state index contributed by atoms with van der Waals surface area (Å²) in [6, 6.07) is 30.6. The second-order valence-electron chi connectivity index (χ2n) is 14.3. The molecule has 4 amide bonds. The summed E-state index contributed by atoms with van der Waals surface area (Å²) in [5, 5.41) is 3.88. The van der Waals surface area contributed by atoms with Crippen molar-refractivity contribution >= 4 is 70.2 Å². The van der Waals surface area contributed by atoms with Crippen molar-refractivity contribution in [3.8, 4) is 11.5 Å². The fraction of sp³-hybridized carbons (Fsp3) is 0.364. The Morgan fingerprint density at radius 3 is 1.61 bits per heavy atom. The summed E-state index contributed by atoms with van der Waals surface area (Å²) in [6.45, 7) is 6.24. The lowest BCUT2D eigenvalue weighted by Gasteiger charge is -2.37. The minimum absolute atomic E-state index is 0.00463. The van der Waals surface area contributed by atoms with E-state index in [-0.39, 0.29) is 49.0 Å². The van der Waals surface area contributed by atoms with Gasteiger partial charge in [0, 0.05) is 75.9 Å². The number of benzene rings is 4. The van der Waals surface area contributed by atoms with Crippen molar-refractivity contribution in [3.05, 3.63) is 118 Å². The van der Waals surface area contributed by atoms with Gasteiger partial charge in [-0.2, -0.15) is 0 Å². The van der Waals surface area contributed by atoms with Crippen LogP contribution in [0, 0.1) is 0 Å². The minimum atomic E-state index is -0.441. The third-order valence-corrected chi connectivity index (χ3v) is 11.6. The van der Waals surface area contributed by atoms with Crippen LogP contribution in [0.15, 0.2) is 97.1 Å². The zero-order valence-corrected chi connectivity index (χ0v) is 36.3. The van der Waals surface area contributed by atoms with Crippen LogP contribution in [-0.4, -0.2) is 131 Å². The fourth-order valence-corrected chi connectivity index (χ4v) is 7.83. The summed E-state index contributed by atoms with van der Waals surface area (Å²) in [7, 11) is 3.19. The van der Waals surface area contributed by atoms with Gasteiger partial charge in [0.2, 0.25) is 11.8 Å². The van der Waals surface area contributed by atoms with Crippen LogP contribution in [-0.2, 0) is 19.1 Å². The Balaban J connectivity index is 0.000000170. The van der Waals surface area contributed by atoms with Crippen LogP contribution in [0.4, 0.5) is 21.0 Å². The van der Waals surface area contributed by atoms with E-state index in [0.29, 0.717) is 67.4 Å². The highest BCUT2D eigenvalue weighted by molar-refractivity contribution is 6.32. The number of methoxy groups -OCH3 is 2. The highest BCUT2D eigenvalue weighted by Crippen LogP contribution is 2.32. The van der Waals surface area contributed by atoms with Gasteiger partial charge in [0.05, 0.1) is 36.3 Å². The van der Waals surface area contributed by atoms with Crippen LogP contribution >= 0.6 is 34.8 Å². The SMILES string of the molecule is COc1cc(N2CCN(C(=O)CCl)CC2)ccc1Cl.COc1cc(N2CCN(C(=O)CN3C(=O)OCC3c3ccccc3)CC2)ccc1Cl.O=C1NC(c2ccccc2)CO1. The summed E-state index contributed by atoms with van der Waals surface area (Å²) in [5.41, 5.74) is 4.12. The molecule has 2 atom stereocenters. The Bertz CT molecular complexity index is 2100. The smallest absolute Gasteiger partial charge is 0.410 e. The van der Waals surface area contributed by atoms with E-state index in [9.17, 15) is 19.2 Å². The van der Waals surface area contributed by atoms with E-state index in [1.54, 1.807) is 24.0 Å². The number of amides is 4. The number of rotatable bonds is 9. The van der Waals surface area contributed by atoms with E-state index in [0.717, 1.165) is 35.6 Å². The molecule has 4 aliphatic heterocycles. The second-order valence-corrected chi connectivity index (χ2v) is 15.4. The molecular weight excluding hydrogens is 847 g/mol. The lowest BCUT2D eigenvalue weighted by atomic mass is 10.1. The number of hydrogen-bond acceptors (Lipinski definition) is 10. The van der Waals surface area contributed by atoms with Gasteiger partial charge in [-0.3, -0.25) is 14.5 Å². The van der Waals surface area contributed by atoms with Crippen molar-refractivity contribution in [1.29, 1.82) is 0 Å². The van der Waals surface area contributed by atoms with E-state index in [2.05, 4.69) is 15.1 Å². The second kappa shape index (κ2) is 21.8. The molecule has 4 aromatic rings. The third kappa shape index (κ3) is 11.8. The fourth-order valence-electron chi connectivity index (χ4n) is 7.27. The molecule has 4 fully saturated rings. The molecule has 0 bridgehead atoms. The standard InChI is InChI=1S/C22H24ClN3O4.C13H16Cl2N2O2.C9H9NO2/c1-29-20-13-17(7-8-18(20)23)24-9-11-25(12-10-24)21(27)14-26-19(15-30-22(26)28)16-5-3-2-4-6-16;1-19-12-8-10(2-3-11(12)15)16-4-6-17(7-5-16)13(18)9-14;11-9-10-8(6-12-9)7-4-2-1-3-5-7/h2-8,13,19H,9-12,14-15H2,1H3;2-3,8H,4-7,9H2,1H3;1-5,8H,6H2,(H,10,11). The Kier molecular flexibility index (Phi) is 16.1. The molecule has 14 nitrogen and oxygen atoms in total. The molecular formula is C44H49Cl3N6O8. The van der Waals surface area contributed by atoms with Crippen LogP contribution in [0.1, 0.15) is 23.2 Å². The van der Waals surface area contributed by atoms with Gasteiger partial charge in [-0.05, 0) is 35.4 Å². The molecule has 324 valence electrons. The van der Waals surface area contributed by atoms with Crippen LogP contribution in [0.5, 0.6) is 11.5 Å². The minimum Gasteiger partial charge on any atom is -0.495 e. The van der Waals surface area contributed by atoms with E-state index >= 15 is 0 Å². The molecule has 0 aromatic heterocycles. The van der Waals surface area contributed by atoms with Crippen LogP contribution < -0.4 is 24.6 Å². The molecule has 0 radical (unpaired) electrons. The number of hydrogen-bond donors (Lipinski definition) is 1. The van der Waals surface area contributed by atoms with Gasteiger partial charge in [0.15, 0.2) is 0 Å². The van der Waals surface area contributed by atoms with E-state index in [1.165, 1.54) is 4.90 Å². The number of alkyl carbamates (subject to hydrolysis) is 1. The highest BCUT2D eigenvalue weighted by atomic mass is 35.5. The number of piperazine rings is 2. The highest BCUT2D eigenvalue weighted by Gasteiger charge is 2.37. The molecule has 4 heterocycles. The number of halogens is 3. The molecule has 2 unspecified atom stereocenters. The monoisotopic (exact) mass is 894 g/mol. The van der Waals surface area contributed by atoms with Gasteiger partial charge in [-0.15, -0.1) is 11.6 Å². The number of nitrogens with zero attached hydrogens (tertiary/aromatic N) is 5. The predicted octanol–water partition coefficient (Wildman–Crippen LogP) is 6.89. The summed E-state index contributed by atoms with van der Waals surface area (Å²) < 4.78 is 20.5. The molecule has 0 saturated carbocycles. The van der Waals surface area contributed by atoms with Crippen molar-refractivity contribution in [2.24, 2.45) is 0 Å². The number of ether oxygens (including phenoxy) is 4. The number of nitrogens with one attached hydrogen (secondary N) is 1. The van der Waals surface area contributed by atoms with Crippen molar-refractivity contribution in [3.63, 3.8) is 0 Å². The molecule has 17 heteroatoms. The average Bonchev–Trinajstić information content (AvgIpc) is 3.92. The van der Waals surface area contributed by atoms with Crippen LogP contribution in [0.3, 0.4) is 0 Å². The van der Waals surface area contributed by atoms with Gasteiger partial charge < -0.3 is 43.9 Å². The van der Waals surface area contributed by atoms with Crippen molar-refractivity contribution in [2.75, 3.05) is 102 Å². The molecule has 4 aliphatic rings. The van der Waals surface area contributed by atoms with Crippen molar-refractivity contribution in [1.82, 2.24) is 20.0 Å². The first-order chi connectivity index (χ1) is 29.6. The molecule has 0 spiro atoms. The maximum atomic E-state index is 12.9. The lowest BCUT2D eigenvalue weighted by molar-refractivity contribution is -0.132. The third-order valence-electron chi connectivity index (χ3n) is 10.7. The number of carbonyl (C=O) groups excluding carboxylic acids is 4. The number of carbonyl (C=O) groups is 4. The molecule has 4 saturated heterocycles. The summed E-state index contributed by atoms with van der Waals surface area (Å²) in [6.07, 6.45) is -0.770. The molecule has 61 heavy (non-hydrogen) atoms. The first kappa shape index (κ1) is 45.0. The van der Waals surface area contributed by atoms with Gasteiger partial charge in [0.1, 0.15) is 37.1 Å². The predicted molar refractivity (Wildman–Crippen MR) is 235 cm³/mol. The molecule has 8 rings (SSSR count). The Labute approximate surface area is 370 Å². The lowest BCUT2D eigenvalue weighted by Crippen LogP contribution is -2.51. The van der Waals surface area contributed by atoms with Gasteiger partial charge in [-0.1, -0.05) is 83.9 Å². The zero-order chi connectivity index (χ0) is 43.3. The average molecular weight is 896 g/mol. The van der Waals surface area contributed by atoms with E-state index in [1.807, 2.05) is 97.1 Å². The van der Waals surface area contributed by atoms with E-state index in [4.69, 9.17) is 53.8 Å². The van der Waals surface area contributed by atoms with Crippen LogP contribution in [0.25, 0.3) is 0 Å². The normalized spacial score (nSPS) is 18.5. The molecule has 1 N–H and O–H groups in total. The van der Waals surface area contributed by atoms with Gasteiger partial charge >= 0.3 is 12.2 Å². The topological polar surface area (TPSA) is 133 Å². The number of cyclic esters (lactones) is 2. The molecule has 0 aliphatic carbocycles. The van der Waals surface area contributed by atoms with Crippen molar-refractivity contribution < 1.29 is 38.1 Å². The largest absolute Gasteiger partial charge is 0.495 e. The number of alkyl halides is 1. The maximum Gasteiger partial charge on any atom is 0.410 e. The van der Waals surface area contributed by atoms with Crippen LogP contribution in [0.2, 0.25) is 10.0 Å². The first-order valence-electron chi connectivity index (χ1n) is 19.8. The Hall–Kier alpha value is -5.57. The van der Waals surface area contributed by atoms with E-state index < -0.39 is 6.09 Å². The maximum absolute atomic E-state index is 12.9. The number of anilines is 2. The van der Waals surface area contributed by atoms with Gasteiger partial charge in [-0.25, -0.2) is 9.59 Å². The zero-order valence-electron chi connectivity index (χ0n) is 34.0.